The van der Waals surface area contributed by atoms with E-state index in [1.165, 1.54) is 0 Å². The zero-order valence-electron chi connectivity index (χ0n) is 11.1. The van der Waals surface area contributed by atoms with Crippen LogP contribution < -0.4 is 10.6 Å². The lowest BCUT2D eigenvalue weighted by molar-refractivity contribution is -0.139. The van der Waals surface area contributed by atoms with Crippen LogP contribution in [0.5, 0.6) is 0 Å². The van der Waals surface area contributed by atoms with Gasteiger partial charge >= 0.3 is 12.0 Å². The van der Waals surface area contributed by atoms with Crippen LogP contribution in [0.1, 0.15) is 20.3 Å². The fourth-order valence-electron chi connectivity index (χ4n) is 1.23. The number of carboxylic acids is 1. The molecule has 0 aromatic heterocycles. The number of ether oxygens (including phenoxy) is 2. The Balaban J connectivity index is 3.85. The van der Waals surface area contributed by atoms with Crippen LogP contribution in [0.3, 0.4) is 0 Å². The summed E-state index contributed by atoms with van der Waals surface area (Å²) in [7, 11) is 1.55. The maximum Gasteiger partial charge on any atom is 0.326 e. The number of amides is 2. The number of carbonyl (C=O) groups excluding carboxylic acids is 1. The molecule has 0 aliphatic rings. The zero-order valence-corrected chi connectivity index (χ0v) is 11.1. The molecule has 0 aromatic rings. The molecule has 1 atom stereocenters. The molecule has 0 fully saturated rings. The van der Waals surface area contributed by atoms with Gasteiger partial charge < -0.3 is 25.2 Å². The minimum Gasteiger partial charge on any atom is -0.480 e. The highest BCUT2D eigenvalue weighted by Crippen LogP contribution is 2.04. The molecular formula is C11H22N2O5. The number of urea groups is 1. The first-order chi connectivity index (χ1) is 8.47. The molecule has 0 saturated heterocycles. The van der Waals surface area contributed by atoms with Crippen LogP contribution in [0.15, 0.2) is 0 Å². The molecule has 0 rings (SSSR count). The number of hydrogen-bond acceptors (Lipinski definition) is 4. The van der Waals surface area contributed by atoms with E-state index in [-0.39, 0.29) is 12.6 Å². The number of aliphatic carboxylic acids is 1. The van der Waals surface area contributed by atoms with E-state index in [1.807, 2.05) is 13.8 Å². The third-order valence-corrected chi connectivity index (χ3v) is 2.08. The third-order valence-electron chi connectivity index (χ3n) is 2.08. The lowest BCUT2D eigenvalue weighted by Gasteiger charge is -2.16. The summed E-state index contributed by atoms with van der Waals surface area (Å²) in [4.78, 5) is 22.3. The molecule has 2 amide bonds. The summed E-state index contributed by atoms with van der Waals surface area (Å²) in [5.41, 5.74) is 0. The highest BCUT2D eigenvalue weighted by atomic mass is 16.5. The van der Waals surface area contributed by atoms with Crippen molar-refractivity contribution in [3.05, 3.63) is 0 Å². The van der Waals surface area contributed by atoms with Gasteiger partial charge in [0.1, 0.15) is 12.8 Å². The molecule has 18 heavy (non-hydrogen) atoms. The molecule has 0 heterocycles. The average molecular weight is 262 g/mol. The Labute approximate surface area is 107 Å². The van der Waals surface area contributed by atoms with E-state index in [0.29, 0.717) is 19.6 Å². The van der Waals surface area contributed by atoms with Crippen molar-refractivity contribution in [3.8, 4) is 0 Å². The molecule has 3 N–H and O–H groups in total. The molecule has 7 heteroatoms. The Morgan fingerprint density at radius 1 is 1.28 bits per heavy atom. The van der Waals surface area contributed by atoms with Crippen molar-refractivity contribution in [3.63, 3.8) is 0 Å². The molecule has 0 spiro atoms. The van der Waals surface area contributed by atoms with Crippen LogP contribution in [0, 0.1) is 5.92 Å². The zero-order chi connectivity index (χ0) is 14.0. The summed E-state index contributed by atoms with van der Waals surface area (Å²) in [5, 5.41) is 13.7. The Bertz CT molecular complexity index is 258. The third kappa shape index (κ3) is 8.77. The summed E-state index contributed by atoms with van der Waals surface area (Å²) in [6.45, 7) is 4.61. The van der Waals surface area contributed by atoms with E-state index in [9.17, 15) is 9.59 Å². The van der Waals surface area contributed by atoms with Gasteiger partial charge in [-0.15, -0.1) is 0 Å². The first kappa shape index (κ1) is 16.7. The Morgan fingerprint density at radius 2 is 1.94 bits per heavy atom. The SMILES string of the molecule is COCCOCNC(=O)NC(CC(C)C)C(=O)O. The number of rotatable bonds is 9. The van der Waals surface area contributed by atoms with Gasteiger partial charge in [0.2, 0.25) is 0 Å². The molecular weight excluding hydrogens is 240 g/mol. The molecule has 0 bridgehead atoms. The molecule has 7 nitrogen and oxygen atoms in total. The van der Waals surface area contributed by atoms with Gasteiger partial charge in [0.25, 0.3) is 0 Å². The van der Waals surface area contributed by atoms with Crippen molar-refractivity contribution in [2.75, 3.05) is 27.1 Å². The maximum absolute atomic E-state index is 11.4. The smallest absolute Gasteiger partial charge is 0.326 e. The van der Waals surface area contributed by atoms with Gasteiger partial charge in [0, 0.05) is 7.11 Å². The summed E-state index contributed by atoms with van der Waals surface area (Å²) in [5.74, 6) is -0.858. The first-order valence-electron chi connectivity index (χ1n) is 5.81. The molecule has 0 aromatic carbocycles. The predicted molar refractivity (Wildman–Crippen MR) is 65.2 cm³/mol. The molecule has 1 unspecified atom stereocenters. The second-order valence-electron chi connectivity index (χ2n) is 4.22. The summed E-state index contributed by atoms with van der Waals surface area (Å²) >= 11 is 0. The van der Waals surface area contributed by atoms with Crippen LogP contribution in [-0.2, 0) is 14.3 Å². The normalized spacial score (nSPS) is 12.2. The second-order valence-corrected chi connectivity index (χ2v) is 4.22. The van der Waals surface area contributed by atoms with Crippen LogP contribution in [0.25, 0.3) is 0 Å². The number of carboxylic acid groups (broad SMARTS) is 1. The fraction of sp³-hybridized carbons (Fsp3) is 0.818. The standard InChI is InChI=1S/C11H22N2O5/c1-8(2)6-9(10(14)15)13-11(16)12-7-18-5-4-17-3/h8-9H,4-7H2,1-3H3,(H,14,15)(H2,12,13,16). The van der Waals surface area contributed by atoms with Crippen molar-refractivity contribution in [2.24, 2.45) is 5.92 Å². The largest absolute Gasteiger partial charge is 0.480 e. The van der Waals surface area contributed by atoms with Gasteiger partial charge in [-0.1, -0.05) is 13.8 Å². The lowest BCUT2D eigenvalue weighted by atomic mass is 10.0. The summed E-state index contributed by atoms with van der Waals surface area (Å²) in [6.07, 6.45) is 0.382. The van der Waals surface area contributed by atoms with Gasteiger partial charge in [-0.25, -0.2) is 9.59 Å². The van der Waals surface area contributed by atoms with Gasteiger partial charge in [-0.3, -0.25) is 0 Å². The van der Waals surface area contributed by atoms with E-state index in [2.05, 4.69) is 10.6 Å². The van der Waals surface area contributed by atoms with E-state index in [4.69, 9.17) is 14.6 Å². The van der Waals surface area contributed by atoms with Gasteiger partial charge in [0.15, 0.2) is 0 Å². The number of carbonyl (C=O) groups is 2. The van der Waals surface area contributed by atoms with Gasteiger partial charge in [-0.05, 0) is 12.3 Å². The first-order valence-corrected chi connectivity index (χ1v) is 5.81. The molecule has 0 aliphatic heterocycles. The van der Waals surface area contributed by atoms with Crippen LogP contribution in [0.4, 0.5) is 4.79 Å². The topological polar surface area (TPSA) is 96.9 Å². The van der Waals surface area contributed by atoms with Crippen molar-refractivity contribution in [2.45, 2.75) is 26.3 Å². The molecule has 106 valence electrons. The van der Waals surface area contributed by atoms with Crippen LogP contribution in [-0.4, -0.2) is 50.2 Å². The van der Waals surface area contributed by atoms with Gasteiger partial charge in [0.05, 0.1) is 13.2 Å². The monoisotopic (exact) mass is 262 g/mol. The van der Waals surface area contributed by atoms with Crippen LogP contribution in [0.2, 0.25) is 0 Å². The molecule has 0 saturated carbocycles. The van der Waals surface area contributed by atoms with Crippen molar-refractivity contribution in [1.82, 2.24) is 10.6 Å². The minimum absolute atomic E-state index is 0.0171. The van der Waals surface area contributed by atoms with E-state index in [1.54, 1.807) is 7.11 Å². The van der Waals surface area contributed by atoms with E-state index >= 15 is 0 Å². The lowest BCUT2D eigenvalue weighted by Crippen LogP contribution is -2.47. The molecule has 0 aliphatic carbocycles. The van der Waals surface area contributed by atoms with E-state index in [0.717, 1.165) is 0 Å². The summed E-state index contributed by atoms with van der Waals surface area (Å²) < 4.78 is 9.78. The molecule has 0 radical (unpaired) electrons. The van der Waals surface area contributed by atoms with Crippen molar-refractivity contribution in [1.29, 1.82) is 0 Å². The Kier molecular flexibility index (Phi) is 8.95. The number of nitrogens with one attached hydrogen (secondary N) is 2. The Morgan fingerprint density at radius 3 is 2.44 bits per heavy atom. The maximum atomic E-state index is 11.4. The van der Waals surface area contributed by atoms with E-state index < -0.39 is 18.0 Å². The summed E-state index contributed by atoms with van der Waals surface area (Å²) in [6, 6.07) is -1.44. The predicted octanol–water partition coefficient (Wildman–Crippen LogP) is 0.405. The van der Waals surface area contributed by atoms with Crippen molar-refractivity contribution >= 4 is 12.0 Å². The average Bonchev–Trinajstić information content (AvgIpc) is 2.27. The highest BCUT2D eigenvalue weighted by Gasteiger charge is 2.20. The minimum atomic E-state index is -1.04. The quantitative estimate of drug-likeness (QED) is 0.413. The van der Waals surface area contributed by atoms with Crippen molar-refractivity contribution < 1.29 is 24.2 Å². The second kappa shape index (κ2) is 9.67. The number of hydrogen-bond donors (Lipinski definition) is 3. The highest BCUT2D eigenvalue weighted by molar-refractivity contribution is 5.82. The Hall–Kier alpha value is -1.34. The fourth-order valence-corrected chi connectivity index (χ4v) is 1.23. The van der Waals surface area contributed by atoms with Gasteiger partial charge in [-0.2, -0.15) is 0 Å². The number of methoxy groups -OCH3 is 1. The van der Waals surface area contributed by atoms with Crippen LogP contribution >= 0.6 is 0 Å².